The number of nitrogens with one attached hydrogen (secondary N) is 1. The Balaban J connectivity index is 2.32. The van der Waals surface area contributed by atoms with Crippen LogP contribution in [0.15, 0.2) is 41.8 Å². The van der Waals surface area contributed by atoms with Crippen LogP contribution in [0.1, 0.15) is 56.2 Å². The largest absolute Gasteiger partial charge is 0.310 e. The summed E-state index contributed by atoms with van der Waals surface area (Å²) in [5.41, 5.74) is 3.08. The standard InChI is InChI=1S/C19H27NS/c1-5-12-20-18(14-15-9-8-13-21-15)16-10-6-7-11-17(16)19(2,3)4/h6-11,13,18,20H,5,12,14H2,1-4H3. The number of benzene rings is 1. The Morgan fingerprint density at radius 3 is 2.48 bits per heavy atom. The number of hydrogen-bond acceptors (Lipinski definition) is 2. The SMILES string of the molecule is CCCNC(Cc1cccs1)c1ccccc1C(C)(C)C. The lowest BCUT2D eigenvalue weighted by atomic mass is 9.81. The van der Waals surface area contributed by atoms with Gasteiger partial charge in [-0.1, -0.05) is 58.0 Å². The van der Waals surface area contributed by atoms with Crippen LogP contribution in [0.2, 0.25) is 0 Å². The molecule has 1 unspecified atom stereocenters. The predicted molar refractivity (Wildman–Crippen MR) is 94.2 cm³/mol. The molecule has 114 valence electrons. The molecule has 1 N–H and O–H groups in total. The highest BCUT2D eigenvalue weighted by Gasteiger charge is 2.22. The second kappa shape index (κ2) is 7.24. The maximum Gasteiger partial charge on any atom is 0.0371 e. The van der Waals surface area contributed by atoms with Gasteiger partial charge in [-0.2, -0.15) is 0 Å². The average molecular weight is 301 g/mol. The van der Waals surface area contributed by atoms with Gasteiger partial charge >= 0.3 is 0 Å². The van der Waals surface area contributed by atoms with Crippen LogP contribution in [0, 0.1) is 0 Å². The summed E-state index contributed by atoms with van der Waals surface area (Å²) in [4.78, 5) is 1.45. The lowest BCUT2D eigenvalue weighted by Gasteiger charge is -2.28. The van der Waals surface area contributed by atoms with E-state index in [-0.39, 0.29) is 5.41 Å². The van der Waals surface area contributed by atoms with Gasteiger partial charge in [-0.3, -0.25) is 0 Å². The van der Waals surface area contributed by atoms with Crippen molar-refractivity contribution in [2.24, 2.45) is 0 Å². The lowest BCUT2D eigenvalue weighted by Crippen LogP contribution is -2.27. The van der Waals surface area contributed by atoms with E-state index < -0.39 is 0 Å². The van der Waals surface area contributed by atoms with Gasteiger partial charge in [0.05, 0.1) is 0 Å². The molecule has 0 saturated heterocycles. The van der Waals surface area contributed by atoms with Crippen molar-refractivity contribution in [1.29, 1.82) is 0 Å². The third-order valence-electron chi connectivity index (χ3n) is 3.77. The fourth-order valence-electron chi connectivity index (χ4n) is 2.72. The Hall–Kier alpha value is -1.12. The zero-order valence-electron chi connectivity index (χ0n) is 13.6. The third-order valence-corrected chi connectivity index (χ3v) is 4.67. The Labute approximate surface area is 133 Å². The second-order valence-corrected chi connectivity index (χ2v) is 7.66. The summed E-state index contributed by atoms with van der Waals surface area (Å²) < 4.78 is 0. The van der Waals surface area contributed by atoms with Gasteiger partial charge in [-0.15, -0.1) is 11.3 Å². The van der Waals surface area contributed by atoms with E-state index in [1.807, 2.05) is 11.3 Å². The van der Waals surface area contributed by atoms with Crippen LogP contribution < -0.4 is 5.32 Å². The maximum atomic E-state index is 3.74. The van der Waals surface area contributed by atoms with Crippen LogP contribution >= 0.6 is 11.3 Å². The molecule has 0 aliphatic carbocycles. The van der Waals surface area contributed by atoms with Crippen molar-refractivity contribution in [3.8, 4) is 0 Å². The molecule has 1 aromatic carbocycles. The molecule has 2 aromatic rings. The topological polar surface area (TPSA) is 12.0 Å². The van der Waals surface area contributed by atoms with Gasteiger partial charge in [0.1, 0.15) is 0 Å². The highest BCUT2D eigenvalue weighted by molar-refractivity contribution is 7.09. The van der Waals surface area contributed by atoms with Crippen LogP contribution in [-0.4, -0.2) is 6.54 Å². The summed E-state index contributed by atoms with van der Waals surface area (Å²) in [6.07, 6.45) is 2.24. The van der Waals surface area contributed by atoms with Crippen molar-refractivity contribution in [1.82, 2.24) is 5.32 Å². The fourth-order valence-corrected chi connectivity index (χ4v) is 3.48. The summed E-state index contributed by atoms with van der Waals surface area (Å²) in [6, 6.07) is 13.7. The Bertz CT molecular complexity index is 537. The molecular formula is C19H27NS. The minimum atomic E-state index is 0.179. The van der Waals surface area contributed by atoms with Gasteiger partial charge in [0.2, 0.25) is 0 Å². The van der Waals surface area contributed by atoms with E-state index in [2.05, 4.69) is 74.8 Å². The molecule has 0 aliphatic heterocycles. The predicted octanol–water partition coefficient (Wildman–Crippen LogP) is 5.33. The van der Waals surface area contributed by atoms with E-state index in [0.29, 0.717) is 6.04 Å². The van der Waals surface area contributed by atoms with Crippen molar-refractivity contribution in [3.05, 3.63) is 57.8 Å². The molecule has 1 aromatic heterocycles. The molecule has 0 bridgehead atoms. The van der Waals surface area contributed by atoms with E-state index in [1.165, 1.54) is 22.4 Å². The summed E-state index contributed by atoms with van der Waals surface area (Å²) in [7, 11) is 0. The van der Waals surface area contributed by atoms with Crippen molar-refractivity contribution >= 4 is 11.3 Å². The van der Waals surface area contributed by atoms with Gasteiger partial charge in [0, 0.05) is 17.3 Å². The van der Waals surface area contributed by atoms with Crippen LogP contribution in [-0.2, 0) is 11.8 Å². The second-order valence-electron chi connectivity index (χ2n) is 6.63. The Morgan fingerprint density at radius 1 is 1.10 bits per heavy atom. The average Bonchev–Trinajstić information content (AvgIpc) is 2.95. The first-order valence-corrected chi connectivity index (χ1v) is 8.75. The van der Waals surface area contributed by atoms with Gasteiger partial charge in [-0.05, 0) is 41.0 Å². The van der Waals surface area contributed by atoms with E-state index in [0.717, 1.165) is 13.0 Å². The van der Waals surface area contributed by atoms with E-state index in [4.69, 9.17) is 0 Å². The molecule has 0 spiro atoms. The first-order chi connectivity index (χ1) is 10.0. The summed E-state index contributed by atoms with van der Waals surface area (Å²) in [5, 5.41) is 5.91. The third kappa shape index (κ3) is 4.42. The quantitative estimate of drug-likeness (QED) is 0.760. The number of hydrogen-bond donors (Lipinski definition) is 1. The smallest absolute Gasteiger partial charge is 0.0371 e. The van der Waals surface area contributed by atoms with Gasteiger partial charge in [0.25, 0.3) is 0 Å². The molecule has 2 rings (SSSR count). The van der Waals surface area contributed by atoms with Crippen molar-refractivity contribution < 1.29 is 0 Å². The highest BCUT2D eigenvalue weighted by Crippen LogP contribution is 2.31. The first-order valence-electron chi connectivity index (χ1n) is 7.87. The van der Waals surface area contributed by atoms with E-state index >= 15 is 0 Å². The van der Waals surface area contributed by atoms with Gasteiger partial charge in [0.15, 0.2) is 0 Å². The first kappa shape index (κ1) is 16.3. The molecule has 0 saturated carbocycles. The summed E-state index contributed by atoms with van der Waals surface area (Å²) >= 11 is 1.85. The molecule has 1 nitrogen and oxygen atoms in total. The van der Waals surface area contributed by atoms with Crippen molar-refractivity contribution in [2.45, 2.75) is 52.0 Å². The minimum absolute atomic E-state index is 0.179. The highest BCUT2D eigenvalue weighted by atomic mass is 32.1. The van der Waals surface area contributed by atoms with Gasteiger partial charge in [-0.25, -0.2) is 0 Å². The Morgan fingerprint density at radius 2 is 1.86 bits per heavy atom. The molecular weight excluding hydrogens is 274 g/mol. The van der Waals surface area contributed by atoms with E-state index in [9.17, 15) is 0 Å². The van der Waals surface area contributed by atoms with Crippen molar-refractivity contribution in [2.75, 3.05) is 6.54 Å². The lowest BCUT2D eigenvalue weighted by molar-refractivity contribution is 0.507. The molecule has 1 atom stereocenters. The maximum absolute atomic E-state index is 3.74. The van der Waals surface area contributed by atoms with Crippen LogP contribution in [0.5, 0.6) is 0 Å². The molecule has 1 heterocycles. The fraction of sp³-hybridized carbons (Fsp3) is 0.474. The zero-order valence-corrected chi connectivity index (χ0v) is 14.5. The molecule has 21 heavy (non-hydrogen) atoms. The summed E-state index contributed by atoms with van der Waals surface area (Å²) in [6.45, 7) is 10.2. The van der Waals surface area contributed by atoms with Crippen LogP contribution in [0.25, 0.3) is 0 Å². The molecule has 0 aliphatic rings. The number of rotatable bonds is 6. The monoisotopic (exact) mass is 301 g/mol. The molecule has 0 fully saturated rings. The minimum Gasteiger partial charge on any atom is -0.310 e. The molecule has 0 radical (unpaired) electrons. The zero-order chi connectivity index (χ0) is 15.3. The van der Waals surface area contributed by atoms with Crippen LogP contribution in [0.4, 0.5) is 0 Å². The normalized spacial score (nSPS) is 13.3. The Kier molecular flexibility index (Phi) is 5.60. The molecule has 2 heteroatoms. The molecule has 0 amide bonds. The number of thiophene rings is 1. The van der Waals surface area contributed by atoms with Gasteiger partial charge < -0.3 is 5.32 Å². The van der Waals surface area contributed by atoms with Crippen LogP contribution in [0.3, 0.4) is 0 Å². The van der Waals surface area contributed by atoms with E-state index in [1.54, 1.807) is 0 Å². The summed E-state index contributed by atoms with van der Waals surface area (Å²) in [5.74, 6) is 0. The van der Waals surface area contributed by atoms with Crippen molar-refractivity contribution in [3.63, 3.8) is 0 Å².